The van der Waals surface area contributed by atoms with Crippen molar-refractivity contribution in [3.8, 4) is 0 Å². The first-order valence-corrected chi connectivity index (χ1v) is 7.01. The van der Waals surface area contributed by atoms with Crippen LogP contribution in [0.2, 0.25) is 0 Å². The van der Waals surface area contributed by atoms with Crippen molar-refractivity contribution in [3.05, 3.63) is 0 Å². The molecule has 0 heterocycles. The molecule has 0 rings (SSSR count). The van der Waals surface area contributed by atoms with E-state index in [1.807, 2.05) is 20.8 Å². The summed E-state index contributed by atoms with van der Waals surface area (Å²) >= 11 is 0. The Bertz CT molecular complexity index is 285. The summed E-state index contributed by atoms with van der Waals surface area (Å²) in [6.45, 7) is 6.60. The highest BCUT2D eigenvalue weighted by molar-refractivity contribution is 5.84. The summed E-state index contributed by atoms with van der Waals surface area (Å²) in [4.78, 5) is 25.0. The van der Waals surface area contributed by atoms with Crippen LogP contribution in [-0.4, -0.2) is 42.4 Å². The zero-order valence-electron chi connectivity index (χ0n) is 12.8. The summed E-state index contributed by atoms with van der Waals surface area (Å²) in [5, 5.41) is 2.84. The molecule has 5 nitrogen and oxygen atoms in total. The third kappa shape index (κ3) is 10.5. The standard InChI is InChI=1S/C14H29N3O2/c1-14(2,3)16-12(18)11-17(4)13(19)9-7-5-6-8-10-15/h5-11,15H2,1-4H3,(H,16,18). The van der Waals surface area contributed by atoms with E-state index in [9.17, 15) is 9.59 Å². The normalized spacial score (nSPS) is 11.2. The first-order valence-electron chi connectivity index (χ1n) is 7.01. The van der Waals surface area contributed by atoms with Crippen LogP contribution in [0.3, 0.4) is 0 Å². The van der Waals surface area contributed by atoms with Crippen LogP contribution in [0, 0.1) is 0 Å². The van der Waals surface area contributed by atoms with Gasteiger partial charge >= 0.3 is 0 Å². The van der Waals surface area contributed by atoms with E-state index in [0.717, 1.165) is 25.7 Å². The lowest BCUT2D eigenvalue weighted by Gasteiger charge is -2.23. The van der Waals surface area contributed by atoms with Crippen molar-refractivity contribution >= 4 is 11.8 Å². The van der Waals surface area contributed by atoms with Crippen molar-refractivity contribution in [2.75, 3.05) is 20.1 Å². The molecule has 0 unspecified atom stereocenters. The smallest absolute Gasteiger partial charge is 0.240 e. The number of unbranched alkanes of at least 4 members (excludes halogenated alkanes) is 3. The molecule has 0 atom stereocenters. The zero-order chi connectivity index (χ0) is 14.9. The van der Waals surface area contributed by atoms with Crippen molar-refractivity contribution in [3.63, 3.8) is 0 Å². The fraction of sp³-hybridized carbons (Fsp3) is 0.857. The molecule has 0 saturated carbocycles. The molecule has 0 saturated heterocycles. The van der Waals surface area contributed by atoms with Gasteiger partial charge in [-0.05, 0) is 40.2 Å². The molecular formula is C14H29N3O2. The molecule has 2 amide bonds. The minimum absolute atomic E-state index is 0.0248. The number of carbonyl (C=O) groups excluding carboxylic acids is 2. The van der Waals surface area contributed by atoms with Crippen molar-refractivity contribution in [2.24, 2.45) is 5.73 Å². The summed E-state index contributed by atoms with van der Waals surface area (Å²) in [5.41, 5.74) is 5.14. The molecule has 0 aliphatic carbocycles. The van der Waals surface area contributed by atoms with Gasteiger partial charge in [0.15, 0.2) is 0 Å². The van der Waals surface area contributed by atoms with Crippen LogP contribution in [0.1, 0.15) is 52.9 Å². The first kappa shape index (κ1) is 17.9. The molecule has 0 aliphatic rings. The van der Waals surface area contributed by atoms with E-state index in [2.05, 4.69) is 5.32 Å². The number of nitrogens with two attached hydrogens (primary N) is 1. The Morgan fingerprint density at radius 3 is 2.21 bits per heavy atom. The molecule has 0 bridgehead atoms. The molecule has 0 aromatic rings. The number of amides is 2. The van der Waals surface area contributed by atoms with Gasteiger partial charge < -0.3 is 16.0 Å². The van der Waals surface area contributed by atoms with E-state index in [0.29, 0.717) is 13.0 Å². The fourth-order valence-corrected chi connectivity index (χ4v) is 1.73. The second-order valence-electron chi connectivity index (χ2n) is 6.00. The van der Waals surface area contributed by atoms with E-state index in [-0.39, 0.29) is 23.9 Å². The summed E-state index contributed by atoms with van der Waals surface area (Å²) in [7, 11) is 1.67. The highest BCUT2D eigenvalue weighted by Gasteiger charge is 2.17. The molecule has 0 aromatic carbocycles. The molecule has 19 heavy (non-hydrogen) atoms. The van der Waals surface area contributed by atoms with E-state index >= 15 is 0 Å². The third-order valence-corrected chi connectivity index (χ3v) is 2.67. The van der Waals surface area contributed by atoms with E-state index in [4.69, 9.17) is 5.73 Å². The van der Waals surface area contributed by atoms with Crippen molar-refractivity contribution in [2.45, 2.75) is 58.4 Å². The van der Waals surface area contributed by atoms with Gasteiger partial charge in [-0.15, -0.1) is 0 Å². The van der Waals surface area contributed by atoms with Crippen LogP contribution in [0.15, 0.2) is 0 Å². The summed E-state index contributed by atoms with van der Waals surface area (Å²) in [6, 6.07) is 0. The SMILES string of the molecule is CN(CC(=O)NC(C)(C)C)C(=O)CCCCCCN. The van der Waals surface area contributed by atoms with Crippen molar-refractivity contribution in [1.82, 2.24) is 10.2 Å². The highest BCUT2D eigenvalue weighted by Crippen LogP contribution is 2.04. The maximum Gasteiger partial charge on any atom is 0.240 e. The van der Waals surface area contributed by atoms with Crippen LogP contribution < -0.4 is 11.1 Å². The third-order valence-electron chi connectivity index (χ3n) is 2.67. The minimum Gasteiger partial charge on any atom is -0.350 e. The van der Waals surface area contributed by atoms with Gasteiger partial charge in [-0.2, -0.15) is 0 Å². The molecule has 5 heteroatoms. The minimum atomic E-state index is -0.261. The molecule has 0 aliphatic heterocycles. The molecular weight excluding hydrogens is 242 g/mol. The van der Waals surface area contributed by atoms with Crippen LogP contribution in [0.4, 0.5) is 0 Å². The van der Waals surface area contributed by atoms with Crippen molar-refractivity contribution < 1.29 is 9.59 Å². The Morgan fingerprint density at radius 2 is 1.68 bits per heavy atom. The number of carbonyl (C=O) groups is 2. The lowest BCUT2D eigenvalue weighted by atomic mass is 10.1. The average molecular weight is 271 g/mol. The predicted octanol–water partition coefficient (Wildman–Crippen LogP) is 1.27. The van der Waals surface area contributed by atoms with Gasteiger partial charge in [0, 0.05) is 19.0 Å². The van der Waals surface area contributed by atoms with Crippen molar-refractivity contribution in [1.29, 1.82) is 0 Å². The van der Waals surface area contributed by atoms with E-state index in [1.165, 1.54) is 4.90 Å². The van der Waals surface area contributed by atoms with E-state index < -0.39 is 0 Å². The Hall–Kier alpha value is -1.10. The summed E-state index contributed by atoms with van der Waals surface area (Å²) < 4.78 is 0. The zero-order valence-corrected chi connectivity index (χ0v) is 12.8. The lowest BCUT2D eigenvalue weighted by Crippen LogP contribution is -2.46. The molecule has 0 fully saturated rings. The Morgan fingerprint density at radius 1 is 1.11 bits per heavy atom. The van der Waals surface area contributed by atoms with Gasteiger partial charge in [-0.1, -0.05) is 12.8 Å². The van der Waals surface area contributed by atoms with Crippen LogP contribution in [0.5, 0.6) is 0 Å². The Kier molecular flexibility index (Phi) is 8.39. The second-order valence-corrected chi connectivity index (χ2v) is 6.00. The first-order chi connectivity index (χ1) is 8.76. The number of hydrogen-bond donors (Lipinski definition) is 2. The number of nitrogens with zero attached hydrogens (tertiary/aromatic N) is 1. The number of nitrogens with one attached hydrogen (secondary N) is 1. The van der Waals surface area contributed by atoms with Gasteiger partial charge in [0.05, 0.1) is 6.54 Å². The monoisotopic (exact) mass is 271 g/mol. The van der Waals surface area contributed by atoms with Gasteiger partial charge in [0.2, 0.25) is 11.8 Å². The lowest BCUT2D eigenvalue weighted by molar-refractivity contribution is -0.135. The topological polar surface area (TPSA) is 75.4 Å². The quantitative estimate of drug-likeness (QED) is 0.653. The molecule has 3 N–H and O–H groups in total. The van der Waals surface area contributed by atoms with Crippen LogP contribution in [-0.2, 0) is 9.59 Å². The van der Waals surface area contributed by atoms with Gasteiger partial charge in [-0.3, -0.25) is 9.59 Å². The predicted molar refractivity (Wildman–Crippen MR) is 77.7 cm³/mol. The van der Waals surface area contributed by atoms with Crippen LogP contribution in [0.25, 0.3) is 0 Å². The summed E-state index contributed by atoms with van der Waals surface area (Å²) in [5.74, 6) is -0.0942. The second kappa shape index (κ2) is 8.91. The molecule has 0 aromatic heterocycles. The van der Waals surface area contributed by atoms with Gasteiger partial charge in [0.1, 0.15) is 0 Å². The number of likely N-dealkylation sites (N-methyl/N-ethyl adjacent to an activating group) is 1. The number of rotatable bonds is 8. The maximum atomic E-state index is 11.8. The van der Waals surface area contributed by atoms with Gasteiger partial charge in [0.25, 0.3) is 0 Å². The largest absolute Gasteiger partial charge is 0.350 e. The molecule has 0 spiro atoms. The average Bonchev–Trinajstić information content (AvgIpc) is 2.25. The molecule has 112 valence electrons. The van der Waals surface area contributed by atoms with Gasteiger partial charge in [-0.25, -0.2) is 0 Å². The number of hydrogen-bond acceptors (Lipinski definition) is 3. The van der Waals surface area contributed by atoms with Crippen LogP contribution >= 0.6 is 0 Å². The van der Waals surface area contributed by atoms with E-state index in [1.54, 1.807) is 7.05 Å². The fourth-order valence-electron chi connectivity index (χ4n) is 1.73. The maximum absolute atomic E-state index is 11.8. The summed E-state index contributed by atoms with van der Waals surface area (Å²) in [6.07, 6.45) is 4.47. The Balaban J connectivity index is 3.84. The Labute approximate surface area is 116 Å². The molecule has 0 radical (unpaired) electrons. The highest BCUT2D eigenvalue weighted by atomic mass is 16.2.